The quantitative estimate of drug-likeness (QED) is 0.271. The molecule has 0 aliphatic carbocycles. The van der Waals surface area contributed by atoms with Gasteiger partial charge in [-0.1, -0.05) is 13.8 Å². The minimum atomic E-state index is -0.198. The highest BCUT2D eigenvalue weighted by Gasteiger charge is 2.20. The van der Waals surface area contributed by atoms with Crippen LogP contribution in [0.2, 0.25) is 0 Å². The van der Waals surface area contributed by atoms with Crippen molar-refractivity contribution in [2.45, 2.75) is 39.5 Å². The summed E-state index contributed by atoms with van der Waals surface area (Å²) in [7, 11) is 0. The number of rotatable bonds is 14. The first-order chi connectivity index (χ1) is 11.7. The Labute approximate surface area is 146 Å². The monoisotopic (exact) mass is 342 g/mol. The van der Waals surface area contributed by atoms with Gasteiger partial charge in [0.1, 0.15) is 6.61 Å². The van der Waals surface area contributed by atoms with E-state index in [9.17, 15) is 9.59 Å². The van der Waals surface area contributed by atoms with Crippen molar-refractivity contribution in [2.75, 3.05) is 59.1 Å². The minimum absolute atomic E-state index is 0.170. The summed E-state index contributed by atoms with van der Waals surface area (Å²) < 4.78 is 5.29. The van der Waals surface area contributed by atoms with E-state index in [0.29, 0.717) is 26.1 Å². The topological polar surface area (TPSA) is 73.9 Å². The van der Waals surface area contributed by atoms with Gasteiger partial charge in [-0.2, -0.15) is 0 Å². The lowest BCUT2D eigenvalue weighted by molar-refractivity contribution is -0.146. The van der Waals surface area contributed by atoms with Crippen LogP contribution in [0.5, 0.6) is 0 Å². The number of amides is 1. The van der Waals surface area contributed by atoms with Gasteiger partial charge >= 0.3 is 5.97 Å². The molecule has 1 rings (SSSR count). The smallest absolute Gasteiger partial charge is 0.320 e. The summed E-state index contributed by atoms with van der Waals surface area (Å²) in [5.74, 6) is -0.0283. The Bertz CT molecular complexity index is 366. The predicted octanol–water partition coefficient (Wildman–Crippen LogP) is 0.411. The summed E-state index contributed by atoms with van der Waals surface area (Å²) >= 11 is 0. The Morgan fingerprint density at radius 2 is 2.12 bits per heavy atom. The highest BCUT2D eigenvalue weighted by Crippen LogP contribution is 2.08. The second kappa shape index (κ2) is 13.1. The van der Waals surface area contributed by atoms with Crippen LogP contribution in [0.3, 0.4) is 0 Å². The maximum atomic E-state index is 12.0. The number of carbonyl (C=O) groups excluding carboxylic acids is 2. The first kappa shape index (κ1) is 20.9. The number of ether oxygens (including phenoxy) is 1. The zero-order chi connectivity index (χ0) is 17.6. The number of hydrogen-bond acceptors (Lipinski definition) is 6. The van der Waals surface area contributed by atoms with E-state index in [1.165, 1.54) is 0 Å². The fourth-order valence-corrected chi connectivity index (χ4v) is 2.75. The summed E-state index contributed by atoms with van der Waals surface area (Å²) in [4.78, 5) is 27.4. The maximum absolute atomic E-state index is 12.0. The van der Waals surface area contributed by atoms with Gasteiger partial charge in [-0.15, -0.1) is 0 Å². The average Bonchev–Trinajstić information content (AvgIpc) is 2.96. The normalized spacial score (nSPS) is 14.6. The summed E-state index contributed by atoms with van der Waals surface area (Å²) in [5, 5.41) is 6.53. The third kappa shape index (κ3) is 9.20. The highest BCUT2D eigenvalue weighted by molar-refractivity contribution is 5.78. The van der Waals surface area contributed by atoms with Crippen molar-refractivity contribution >= 4 is 11.9 Å². The van der Waals surface area contributed by atoms with Crippen LogP contribution in [-0.4, -0.2) is 80.8 Å². The van der Waals surface area contributed by atoms with Crippen LogP contribution in [-0.2, 0) is 14.3 Å². The maximum Gasteiger partial charge on any atom is 0.320 e. The third-order valence-electron chi connectivity index (χ3n) is 4.02. The lowest BCUT2D eigenvalue weighted by atomic mass is 10.3. The molecule has 7 heteroatoms. The zero-order valence-corrected chi connectivity index (χ0v) is 15.3. The lowest BCUT2D eigenvalue weighted by Gasteiger charge is -2.21. The Balaban J connectivity index is 2.13. The molecule has 140 valence electrons. The van der Waals surface area contributed by atoms with E-state index in [4.69, 9.17) is 4.74 Å². The van der Waals surface area contributed by atoms with Gasteiger partial charge in [-0.25, -0.2) is 0 Å². The average molecular weight is 342 g/mol. The Hall–Kier alpha value is -1.18. The molecule has 0 radical (unpaired) electrons. The van der Waals surface area contributed by atoms with Gasteiger partial charge < -0.3 is 20.3 Å². The van der Waals surface area contributed by atoms with E-state index < -0.39 is 0 Å². The molecule has 0 unspecified atom stereocenters. The minimum Gasteiger partial charge on any atom is -0.463 e. The van der Waals surface area contributed by atoms with Crippen molar-refractivity contribution in [1.29, 1.82) is 0 Å². The molecule has 1 saturated heterocycles. The summed E-state index contributed by atoms with van der Waals surface area (Å²) in [6.45, 7) is 10.6. The Morgan fingerprint density at radius 1 is 1.29 bits per heavy atom. The molecule has 0 saturated carbocycles. The van der Waals surface area contributed by atoms with E-state index >= 15 is 0 Å². The van der Waals surface area contributed by atoms with Gasteiger partial charge in [-0.3, -0.25) is 14.5 Å². The third-order valence-corrected chi connectivity index (χ3v) is 4.02. The number of esters is 1. The fraction of sp³-hybridized carbons (Fsp3) is 0.882. The number of likely N-dealkylation sites (tertiary alicyclic amines) is 1. The largest absolute Gasteiger partial charge is 0.463 e. The molecule has 0 aromatic carbocycles. The summed E-state index contributed by atoms with van der Waals surface area (Å²) in [6, 6.07) is 0. The molecule has 24 heavy (non-hydrogen) atoms. The predicted molar refractivity (Wildman–Crippen MR) is 94.7 cm³/mol. The molecular formula is C17H34N4O3. The molecule has 2 N–H and O–H groups in total. The van der Waals surface area contributed by atoms with E-state index in [-0.39, 0.29) is 11.9 Å². The molecule has 0 aromatic rings. The van der Waals surface area contributed by atoms with Crippen molar-refractivity contribution < 1.29 is 14.3 Å². The standard InChI is InChI=1S/C17H34N4O3/c1-3-9-20(10-6-8-19-15-18-4-2)14-17(23)24-13-12-21-11-5-7-16(21)22/h18-19H,3-15H2,1-2H3. The van der Waals surface area contributed by atoms with Crippen molar-refractivity contribution in [3.05, 3.63) is 0 Å². The van der Waals surface area contributed by atoms with E-state index in [2.05, 4.69) is 29.4 Å². The van der Waals surface area contributed by atoms with E-state index in [0.717, 1.165) is 58.7 Å². The lowest BCUT2D eigenvalue weighted by Crippen LogP contribution is -2.36. The second-order valence-electron chi connectivity index (χ2n) is 6.11. The first-order valence-corrected chi connectivity index (χ1v) is 9.24. The number of carbonyl (C=O) groups is 2. The van der Waals surface area contributed by atoms with Crippen LogP contribution in [0.15, 0.2) is 0 Å². The van der Waals surface area contributed by atoms with Crippen LogP contribution in [0.4, 0.5) is 0 Å². The molecule has 1 heterocycles. The highest BCUT2D eigenvalue weighted by atomic mass is 16.5. The number of nitrogens with one attached hydrogen (secondary N) is 2. The van der Waals surface area contributed by atoms with Crippen LogP contribution in [0, 0.1) is 0 Å². The van der Waals surface area contributed by atoms with Crippen LogP contribution in [0.1, 0.15) is 39.5 Å². The zero-order valence-electron chi connectivity index (χ0n) is 15.3. The van der Waals surface area contributed by atoms with Crippen molar-refractivity contribution in [1.82, 2.24) is 20.4 Å². The van der Waals surface area contributed by atoms with Crippen molar-refractivity contribution in [2.24, 2.45) is 0 Å². The van der Waals surface area contributed by atoms with Gasteiger partial charge in [0.25, 0.3) is 0 Å². The van der Waals surface area contributed by atoms with Crippen LogP contribution < -0.4 is 10.6 Å². The number of hydrogen-bond donors (Lipinski definition) is 2. The molecule has 7 nitrogen and oxygen atoms in total. The molecule has 0 aromatic heterocycles. The van der Waals surface area contributed by atoms with E-state index in [1.54, 1.807) is 4.90 Å². The summed E-state index contributed by atoms with van der Waals surface area (Å²) in [6.07, 6.45) is 3.56. The van der Waals surface area contributed by atoms with Gasteiger partial charge in [0.2, 0.25) is 5.91 Å². The molecule has 1 fully saturated rings. The van der Waals surface area contributed by atoms with Gasteiger partial charge in [0.15, 0.2) is 0 Å². The SMILES string of the molecule is CCCN(CCCNCNCC)CC(=O)OCCN1CCCC1=O. The Kier molecular flexibility index (Phi) is 11.4. The molecule has 0 spiro atoms. The molecular weight excluding hydrogens is 308 g/mol. The van der Waals surface area contributed by atoms with Crippen molar-refractivity contribution in [3.63, 3.8) is 0 Å². The second-order valence-corrected chi connectivity index (χ2v) is 6.11. The van der Waals surface area contributed by atoms with Gasteiger partial charge in [0.05, 0.1) is 13.1 Å². The first-order valence-electron chi connectivity index (χ1n) is 9.24. The fourth-order valence-electron chi connectivity index (χ4n) is 2.75. The molecule has 0 bridgehead atoms. The van der Waals surface area contributed by atoms with Crippen LogP contribution in [0.25, 0.3) is 0 Å². The number of nitrogens with zero attached hydrogens (tertiary/aromatic N) is 2. The Morgan fingerprint density at radius 3 is 2.79 bits per heavy atom. The van der Waals surface area contributed by atoms with Gasteiger partial charge in [0, 0.05) is 19.6 Å². The molecule has 1 amide bonds. The van der Waals surface area contributed by atoms with Crippen LogP contribution >= 0.6 is 0 Å². The van der Waals surface area contributed by atoms with E-state index in [1.807, 2.05) is 0 Å². The molecule has 0 atom stereocenters. The molecule has 1 aliphatic rings. The summed E-state index contributed by atoms with van der Waals surface area (Å²) in [5.41, 5.74) is 0. The van der Waals surface area contributed by atoms with Crippen molar-refractivity contribution in [3.8, 4) is 0 Å². The van der Waals surface area contributed by atoms with Gasteiger partial charge in [-0.05, 0) is 45.4 Å². The molecule has 1 aliphatic heterocycles.